The molecule has 2 bridgehead atoms. The van der Waals surface area contributed by atoms with Crippen LogP contribution in [0.2, 0.25) is 0 Å². The molecule has 6 unspecified atom stereocenters. The molecule has 6 N–H and O–H groups in total. The summed E-state index contributed by atoms with van der Waals surface area (Å²) in [6, 6.07) is 3.78. The summed E-state index contributed by atoms with van der Waals surface area (Å²) < 4.78 is 15.2. The monoisotopic (exact) mass is 398 g/mol. The number of aliphatic carboxylic acids is 1. The first-order chi connectivity index (χ1) is 13.2. The lowest BCUT2D eigenvalue weighted by Gasteiger charge is -2.39. The Balaban J connectivity index is 1.77. The van der Waals surface area contributed by atoms with Crippen LogP contribution >= 0.6 is 0 Å². The number of carbonyl (C=O) groups excluding carboxylic acids is 1. The van der Waals surface area contributed by atoms with Crippen molar-refractivity contribution in [2.24, 2.45) is 0 Å². The van der Waals surface area contributed by atoms with E-state index in [0.717, 1.165) is 6.08 Å². The Morgan fingerprint density at radius 3 is 2.50 bits per heavy atom. The Hall–Kier alpha value is -2.70. The number of esters is 1. The zero-order valence-electron chi connectivity index (χ0n) is 14.2. The van der Waals surface area contributed by atoms with Crippen molar-refractivity contribution in [2.45, 2.75) is 36.3 Å². The van der Waals surface area contributed by atoms with Gasteiger partial charge in [-0.3, -0.25) is 0 Å². The van der Waals surface area contributed by atoms with E-state index in [0.29, 0.717) is 5.56 Å². The number of phenolic OH excluding ortho intramolecular Hbond substituents is 2. The van der Waals surface area contributed by atoms with Gasteiger partial charge >= 0.3 is 17.7 Å². The van der Waals surface area contributed by atoms with Gasteiger partial charge in [-0.1, -0.05) is 6.07 Å². The summed E-state index contributed by atoms with van der Waals surface area (Å²) in [5.74, 6) is -6.07. The maximum atomic E-state index is 12.1. The molecule has 1 aromatic rings. The fourth-order valence-electron chi connectivity index (χ4n) is 3.10. The average Bonchev–Trinajstić information content (AvgIpc) is 3.03. The number of aliphatic hydroxyl groups is 3. The highest BCUT2D eigenvalue weighted by Crippen LogP contribution is 2.42. The van der Waals surface area contributed by atoms with Crippen molar-refractivity contribution in [1.29, 1.82) is 0 Å². The van der Waals surface area contributed by atoms with Crippen LogP contribution < -0.4 is 0 Å². The third-order valence-corrected chi connectivity index (χ3v) is 4.52. The predicted octanol–water partition coefficient (Wildman–Crippen LogP) is -1.68. The number of carboxylic acids is 1. The molecule has 2 aliphatic heterocycles. The summed E-state index contributed by atoms with van der Waals surface area (Å²) in [5.41, 5.74) is 0.339. The molecule has 0 amide bonds. The second-order valence-corrected chi connectivity index (χ2v) is 6.31. The molecule has 1 aromatic carbocycles. The third-order valence-electron chi connectivity index (χ3n) is 4.52. The van der Waals surface area contributed by atoms with Gasteiger partial charge in [-0.15, -0.1) is 0 Å². The van der Waals surface area contributed by atoms with E-state index < -0.39 is 60.6 Å². The Bertz CT molecular complexity index is 802. The molecule has 2 fully saturated rings. The number of rotatable bonds is 5. The summed E-state index contributed by atoms with van der Waals surface area (Å²) in [6.07, 6.45) is -5.84. The van der Waals surface area contributed by atoms with Gasteiger partial charge in [0.2, 0.25) is 0 Å². The van der Waals surface area contributed by atoms with Crippen LogP contribution in [0.3, 0.4) is 0 Å². The SMILES string of the molecule is O=C(C=Cc1ccc(O)c(O)c1)OC1C(O)C2OC(C(=O)O)(OC2CO)C1O. The normalized spacial score (nSPS) is 34.5. The van der Waals surface area contributed by atoms with Crippen LogP contribution in [0, 0.1) is 0 Å². The molecule has 0 aliphatic carbocycles. The third kappa shape index (κ3) is 3.30. The van der Waals surface area contributed by atoms with Gasteiger partial charge in [-0.25, -0.2) is 9.59 Å². The topological polar surface area (TPSA) is 183 Å². The second kappa shape index (κ2) is 7.37. The smallest absolute Gasteiger partial charge is 0.367 e. The van der Waals surface area contributed by atoms with E-state index in [4.69, 9.17) is 14.2 Å². The number of aliphatic hydroxyl groups excluding tert-OH is 3. The molecule has 0 saturated carbocycles. The molecular formula is C17H18O11. The fourth-order valence-corrected chi connectivity index (χ4v) is 3.10. The van der Waals surface area contributed by atoms with Crippen molar-refractivity contribution >= 4 is 18.0 Å². The molecule has 2 aliphatic rings. The number of fused-ring (bicyclic) bond motifs is 2. The van der Waals surface area contributed by atoms with Crippen molar-refractivity contribution in [3.63, 3.8) is 0 Å². The average molecular weight is 398 g/mol. The lowest BCUT2D eigenvalue weighted by molar-refractivity contribution is -0.291. The van der Waals surface area contributed by atoms with Gasteiger partial charge in [0.1, 0.15) is 18.3 Å². The van der Waals surface area contributed by atoms with E-state index in [-0.39, 0.29) is 5.75 Å². The highest BCUT2D eigenvalue weighted by Gasteiger charge is 2.68. The Morgan fingerprint density at radius 2 is 1.89 bits per heavy atom. The first-order valence-electron chi connectivity index (χ1n) is 8.16. The summed E-state index contributed by atoms with van der Waals surface area (Å²) >= 11 is 0. The van der Waals surface area contributed by atoms with Crippen LogP contribution in [-0.2, 0) is 23.8 Å². The number of ether oxygens (including phenoxy) is 3. The van der Waals surface area contributed by atoms with Crippen molar-refractivity contribution in [3.8, 4) is 11.5 Å². The molecule has 2 heterocycles. The van der Waals surface area contributed by atoms with Crippen molar-refractivity contribution < 1.29 is 54.4 Å². The number of carbonyl (C=O) groups is 2. The van der Waals surface area contributed by atoms with Crippen LogP contribution in [-0.4, -0.2) is 85.5 Å². The number of aromatic hydroxyl groups is 2. The van der Waals surface area contributed by atoms with Crippen LogP contribution in [0.1, 0.15) is 5.56 Å². The molecule has 28 heavy (non-hydrogen) atoms. The molecule has 11 heteroatoms. The first kappa shape index (κ1) is 20.0. The zero-order valence-corrected chi connectivity index (χ0v) is 14.2. The van der Waals surface area contributed by atoms with Gasteiger partial charge in [0.25, 0.3) is 0 Å². The quantitative estimate of drug-likeness (QED) is 0.189. The van der Waals surface area contributed by atoms with E-state index in [1.165, 1.54) is 24.3 Å². The summed E-state index contributed by atoms with van der Waals surface area (Å²) in [6.45, 7) is -0.686. The second-order valence-electron chi connectivity index (χ2n) is 6.31. The Morgan fingerprint density at radius 1 is 1.18 bits per heavy atom. The Kier molecular flexibility index (Phi) is 5.28. The first-order valence-corrected chi connectivity index (χ1v) is 8.16. The van der Waals surface area contributed by atoms with Crippen LogP contribution in [0.5, 0.6) is 11.5 Å². The maximum absolute atomic E-state index is 12.1. The molecule has 152 valence electrons. The molecular weight excluding hydrogens is 380 g/mol. The summed E-state index contributed by atoms with van der Waals surface area (Å²) in [5, 5.41) is 57.9. The van der Waals surface area contributed by atoms with E-state index in [2.05, 4.69) is 0 Å². The summed E-state index contributed by atoms with van der Waals surface area (Å²) in [4.78, 5) is 23.6. The maximum Gasteiger partial charge on any atom is 0.367 e. The minimum absolute atomic E-state index is 0.339. The number of hydrogen-bond donors (Lipinski definition) is 6. The van der Waals surface area contributed by atoms with Gasteiger partial charge in [-0.05, 0) is 23.8 Å². The van der Waals surface area contributed by atoms with Gasteiger partial charge in [0, 0.05) is 6.08 Å². The molecule has 3 rings (SSSR count). The van der Waals surface area contributed by atoms with Gasteiger partial charge in [-0.2, -0.15) is 0 Å². The number of benzene rings is 1. The van der Waals surface area contributed by atoms with Crippen molar-refractivity contribution in [2.75, 3.05) is 6.61 Å². The van der Waals surface area contributed by atoms with Crippen LogP contribution in [0.25, 0.3) is 6.08 Å². The van der Waals surface area contributed by atoms with E-state index in [1.54, 1.807) is 0 Å². The predicted molar refractivity (Wildman–Crippen MR) is 87.9 cm³/mol. The van der Waals surface area contributed by atoms with Crippen molar-refractivity contribution in [3.05, 3.63) is 29.8 Å². The fraction of sp³-hybridized carbons (Fsp3) is 0.412. The van der Waals surface area contributed by atoms with E-state index >= 15 is 0 Å². The molecule has 2 saturated heterocycles. The van der Waals surface area contributed by atoms with Crippen LogP contribution in [0.4, 0.5) is 0 Å². The van der Waals surface area contributed by atoms with E-state index in [1.807, 2.05) is 0 Å². The van der Waals surface area contributed by atoms with Gasteiger partial charge in [0.15, 0.2) is 23.7 Å². The molecule has 0 spiro atoms. The summed E-state index contributed by atoms with van der Waals surface area (Å²) in [7, 11) is 0. The zero-order chi connectivity index (χ0) is 20.6. The highest BCUT2D eigenvalue weighted by atomic mass is 16.8. The Labute approximate surface area is 157 Å². The largest absolute Gasteiger partial charge is 0.504 e. The molecule has 6 atom stereocenters. The lowest BCUT2D eigenvalue weighted by Crippen LogP contribution is -2.64. The molecule has 0 aromatic heterocycles. The standard InChI is InChI=1S/C17H18O11/c18-6-10-13-12(22)14(15(23)17(27-10,28-13)16(24)25)26-11(21)4-2-7-1-3-8(19)9(20)5-7/h1-5,10,12-15,18-20,22-23H,6H2,(H,24,25). The molecule has 11 nitrogen and oxygen atoms in total. The minimum atomic E-state index is -2.59. The number of hydrogen-bond acceptors (Lipinski definition) is 10. The number of phenols is 2. The number of carboxylic acid groups (broad SMARTS) is 1. The van der Waals surface area contributed by atoms with Gasteiger partial charge < -0.3 is 44.8 Å². The molecule has 0 radical (unpaired) electrons. The lowest BCUT2D eigenvalue weighted by atomic mass is 9.93. The van der Waals surface area contributed by atoms with Crippen molar-refractivity contribution in [1.82, 2.24) is 0 Å². The highest BCUT2D eigenvalue weighted by molar-refractivity contribution is 5.87. The van der Waals surface area contributed by atoms with Crippen LogP contribution in [0.15, 0.2) is 24.3 Å². The van der Waals surface area contributed by atoms with Gasteiger partial charge in [0.05, 0.1) is 6.61 Å². The van der Waals surface area contributed by atoms with E-state index in [9.17, 15) is 40.2 Å². The minimum Gasteiger partial charge on any atom is -0.504 e.